The van der Waals surface area contributed by atoms with Crippen LogP contribution in [0.1, 0.15) is 55.3 Å². The average Bonchev–Trinajstić information content (AvgIpc) is 3.12. The molecule has 4 rings (SSSR count). The third-order valence-electron chi connectivity index (χ3n) is 5.64. The van der Waals surface area contributed by atoms with E-state index in [0.29, 0.717) is 11.6 Å². The molecule has 2 aliphatic rings. The highest BCUT2D eigenvalue weighted by molar-refractivity contribution is 9.10. The SMILES string of the molecule is O=C(NC1CCC(N2CCCCC2)CC1)c1cc(Br)c2nccn2c1. The van der Waals surface area contributed by atoms with Gasteiger partial charge in [-0.2, -0.15) is 0 Å². The van der Waals surface area contributed by atoms with Gasteiger partial charge in [0.2, 0.25) is 0 Å². The van der Waals surface area contributed by atoms with Crippen molar-refractivity contribution in [1.82, 2.24) is 19.6 Å². The van der Waals surface area contributed by atoms with Crippen LogP contribution in [0.4, 0.5) is 0 Å². The van der Waals surface area contributed by atoms with E-state index < -0.39 is 0 Å². The summed E-state index contributed by atoms with van der Waals surface area (Å²) in [5, 5.41) is 3.23. The van der Waals surface area contributed by atoms with E-state index in [-0.39, 0.29) is 5.91 Å². The minimum Gasteiger partial charge on any atom is -0.349 e. The Bertz CT molecular complexity index is 745. The molecular formula is C19H25BrN4O. The number of pyridine rings is 1. The second-order valence-corrected chi connectivity index (χ2v) is 8.16. The molecule has 6 heteroatoms. The fraction of sp³-hybridized carbons (Fsp3) is 0.579. The van der Waals surface area contributed by atoms with Crippen molar-refractivity contribution >= 4 is 27.5 Å². The highest BCUT2D eigenvalue weighted by atomic mass is 79.9. The van der Waals surface area contributed by atoms with Gasteiger partial charge in [0.25, 0.3) is 5.91 Å². The maximum atomic E-state index is 12.6. The minimum atomic E-state index is 0.0118. The largest absolute Gasteiger partial charge is 0.349 e. The first-order valence-corrected chi connectivity index (χ1v) is 10.2. The normalized spacial score (nSPS) is 25.2. The third-order valence-corrected chi connectivity index (χ3v) is 6.23. The zero-order chi connectivity index (χ0) is 17.2. The topological polar surface area (TPSA) is 49.6 Å². The number of hydrogen-bond donors (Lipinski definition) is 1. The fourth-order valence-corrected chi connectivity index (χ4v) is 4.81. The summed E-state index contributed by atoms with van der Waals surface area (Å²) in [6, 6.07) is 2.88. The molecule has 3 heterocycles. The lowest BCUT2D eigenvalue weighted by Crippen LogP contribution is -2.45. The molecule has 1 saturated carbocycles. The Morgan fingerprint density at radius 3 is 2.68 bits per heavy atom. The summed E-state index contributed by atoms with van der Waals surface area (Å²) in [7, 11) is 0. The maximum Gasteiger partial charge on any atom is 0.253 e. The van der Waals surface area contributed by atoms with Crippen LogP contribution in [0.3, 0.4) is 0 Å². The molecule has 134 valence electrons. The Morgan fingerprint density at radius 2 is 1.92 bits per heavy atom. The van der Waals surface area contributed by atoms with E-state index in [1.54, 1.807) is 6.20 Å². The number of halogens is 1. The quantitative estimate of drug-likeness (QED) is 0.849. The molecule has 1 saturated heterocycles. The number of nitrogens with zero attached hydrogens (tertiary/aromatic N) is 3. The number of aromatic nitrogens is 2. The number of piperidine rings is 1. The first-order valence-electron chi connectivity index (χ1n) is 9.38. The number of amides is 1. The summed E-state index contributed by atoms with van der Waals surface area (Å²) in [6.07, 6.45) is 14.1. The molecule has 2 aromatic rings. The lowest BCUT2D eigenvalue weighted by Gasteiger charge is -2.39. The number of rotatable bonds is 3. The molecule has 0 bridgehead atoms. The molecule has 1 aliphatic carbocycles. The van der Waals surface area contributed by atoms with Crippen LogP contribution in [-0.4, -0.2) is 45.4 Å². The van der Waals surface area contributed by atoms with Crippen molar-refractivity contribution in [2.75, 3.05) is 13.1 Å². The summed E-state index contributed by atoms with van der Waals surface area (Å²) in [5.74, 6) is 0.0118. The van der Waals surface area contributed by atoms with Crippen LogP contribution >= 0.6 is 15.9 Å². The first-order chi connectivity index (χ1) is 12.2. The number of carbonyl (C=O) groups excluding carboxylic acids is 1. The number of likely N-dealkylation sites (tertiary alicyclic amines) is 1. The number of carbonyl (C=O) groups is 1. The Morgan fingerprint density at radius 1 is 1.16 bits per heavy atom. The predicted octanol–water partition coefficient (Wildman–Crippen LogP) is 3.62. The molecule has 2 aromatic heterocycles. The van der Waals surface area contributed by atoms with Crippen LogP contribution in [0, 0.1) is 0 Å². The van der Waals surface area contributed by atoms with Crippen molar-refractivity contribution in [2.24, 2.45) is 0 Å². The number of hydrogen-bond acceptors (Lipinski definition) is 3. The van der Waals surface area contributed by atoms with E-state index in [1.807, 2.05) is 22.9 Å². The summed E-state index contributed by atoms with van der Waals surface area (Å²) in [5.41, 5.74) is 1.51. The molecule has 0 aromatic carbocycles. The van der Waals surface area contributed by atoms with Gasteiger partial charge in [-0.3, -0.25) is 4.79 Å². The average molecular weight is 405 g/mol. The molecule has 0 radical (unpaired) electrons. The lowest BCUT2D eigenvalue weighted by atomic mass is 9.89. The van der Waals surface area contributed by atoms with Crippen molar-refractivity contribution in [3.8, 4) is 0 Å². The van der Waals surface area contributed by atoms with Gasteiger partial charge in [0.1, 0.15) is 0 Å². The van der Waals surface area contributed by atoms with Gasteiger partial charge in [-0.25, -0.2) is 4.98 Å². The van der Waals surface area contributed by atoms with E-state index >= 15 is 0 Å². The standard InChI is InChI=1S/C19H25BrN4O/c20-17-12-14(13-24-11-8-21-18(17)24)19(25)22-15-4-6-16(7-5-15)23-9-2-1-3-10-23/h8,11-13,15-16H,1-7,9-10H2,(H,22,25). The van der Waals surface area contributed by atoms with Crippen LogP contribution < -0.4 is 5.32 Å². The number of imidazole rings is 1. The second-order valence-electron chi connectivity index (χ2n) is 7.31. The molecule has 5 nitrogen and oxygen atoms in total. The number of nitrogens with one attached hydrogen (secondary N) is 1. The Labute approximate surface area is 156 Å². The molecule has 1 amide bonds. The Hall–Kier alpha value is -1.40. The van der Waals surface area contributed by atoms with Crippen molar-refractivity contribution < 1.29 is 4.79 Å². The van der Waals surface area contributed by atoms with Crippen LogP contribution in [0.5, 0.6) is 0 Å². The van der Waals surface area contributed by atoms with Gasteiger partial charge in [0, 0.05) is 30.7 Å². The highest BCUT2D eigenvalue weighted by Gasteiger charge is 2.27. The van der Waals surface area contributed by atoms with Gasteiger partial charge in [0.05, 0.1) is 10.0 Å². The summed E-state index contributed by atoms with van der Waals surface area (Å²) in [6.45, 7) is 2.53. The van der Waals surface area contributed by atoms with Crippen LogP contribution in [0.2, 0.25) is 0 Å². The van der Waals surface area contributed by atoms with Gasteiger partial charge >= 0.3 is 0 Å². The van der Waals surface area contributed by atoms with Crippen LogP contribution in [0.25, 0.3) is 5.65 Å². The van der Waals surface area contributed by atoms with Crippen molar-refractivity contribution in [1.29, 1.82) is 0 Å². The van der Waals surface area contributed by atoms with E-state index in [9.17, 15) is 4.79 Å². The lowest BCUT2D eigenvalue weighted by molar-refractivity contribution is 0.0887. The van der Waals surface area contributed by atoms with Gasteiger partial charge < -0.3 is 14.6 Å². The van der Waals surface area contributed by atoms with Crippen molar-refractivity contribution in [2.45, 2.75) is 57.0 Å². The number of fused-ring (bicyclic) bond motifs is 1. The smallest absolute Gasteiger partial charge is 0.253 e. The van der Waals surface area contributed by atoms with E-state index in [0.717, 1.165) is 29.0 Å². The van der Waals surface area contributed by atoms with Gasteiger partial charge in [-0.15, -0.1) is 0 Å². The zero-order valence-electron chi connectivity index (χ0n) is 14.5. The molecule has 0 spiro atoms. The van der Waals surface area contributed by atoms with Crippen molar-refractivity contribution in [3.63, 3.8) is 0 Å². The molecule has 0 atom stereocenters. The van der Waals surface area contributed by atoms with Crippen LogP contribution in [0.15, 0.2) is 29.1 Å². The summed E-state index contributed by atoms with van der Waals surface area (Å²) < 4.78 is 2.73. The summed E-state index contributed by atoms with van der Waals surface area (Å²) >= 11 is 3.50. The molecule has 25 heavy (non-hydrogen) atoms. The van der Waals surface area contributed by atoms with Gasteiger partial charge in [-0.05, 0) is 73.6 Å². The molecule has 1 aliphatic heterocycles. The molecule has 2 fully saturated rings. The van der Waals surface area contributed by atoms with Gasteiger partial charge in [-0.1, -0.05) is 6.42 Å². The van der Waals surface area contributed by atoms with E-state index in [1.165, 1.54) is 45.2 Å². The molecule has 1 N–H and O–H groups in total. The Kier molecular flexibility index (Phi) is 5.08. The van der Waals surface area contributed by atoms with E-state index in [4.69, 9.17) is 0 Å². The first kappa shape index (κ1) is 17.0. The highest BCUT2D eigenvalue weighted by Crippen LogP contribution is 2.26. The van der Waals surface area contributed by atoms with Crippen LogP contribution in [-0.2, 0) is 0 Å². The monoisotopic (exact) mass is 404 g/mol. The zero-order valence-corrected chi connectivity index (χ0v) is 16.0. The molecule has 0 unspecified atom stereocenters. The maximum absolute atomic E-state index is 12.6. The predicted molar refractivity (Wildman–Crippen MR) is 102 cm³/mol. The molecular weight excluding hydrogens is 380 g/mol. The fourth-order valence-electron chi connectivity index (χ4n) is 4.25. The summed E-state index contributed by atoms with van der Waals surface area (Å²) in [4.78, 5) is 19.6. The minimum absolute atomic E-state index is 0.0118. The second kappa shape index (κ2) is 7.46. The Balaban J connectivity index is 1.35. The van der Waals surface area contributed by atoms with E-state index in [2.05, 4.69) is 31.1 Å². The third kappa shape index (κ3) is 3.75. The van der Waals surface area contributed by atoms with Crippen molar-refractivity contribution in [3.05, 3.63) is 34.7 Å². The van der Waals surface area contributed by atoms with Gasteiger partial charge in [0.15, 0.2) is 5.65 Å².